The Kier molecular flexibility index (Phi) is 9.70. The Morgan fingerprint density at radius 3 is 2.61 bits per heavy atom. The highest BCUT2D eigenvalue weighted by molar-refractivity contribution is 6.07. The van der Waals surface area contributed by atoms with Crippen molar-refractivity contribution < 1.29 is 33.3 Å². The second kappa shape index (κ2) is 14.7. The van der Waals surface area contributed by atoms with Crippen LogP contribution < -0.4 is 10.1 Å². The summed E-state index contributed by atoms with van der Waals surface area (Å²) >= 11 is 0. The molecule has 0 saturated carbocycles. The second-order valence-corrected chi connectivity index (χ2v) is 17.1. The summed E-state index contributed by atoms with van der Waals surface area (Å²) < 4.78 is 28.4. The average Bonchev–Trinajstić information content (AvgIpc) is 3.98. The van der Waals surface area contributed by atoms with E-state index in [9.17, 15) is 9.59 Å². The SMILES string of the molecule is COC[C@H]1C[C@@H](c2nc3c(ccc4cc5c(cc43)OCc3cc(-c4cnc([C@@H]6CCCN6C(=O)[C@@H](NC6OCO6)C(C)C)[nH]4)ccc3-5)[nH]2)N(C(=O)OC(C)(C)C)C1. The van der Waals surface area contributed by atoms with Crippen LogP contribution in [0, 0.1) is 11.8 Å². The molecular weight excluding hydrogens is 727 g/mol. The largest absolute Gasteiger partial charge is 0.488 e. The Morgan fingerprint density at radius 2 is 1.86 bits per heavy atom. The van der Waals surface area contributed by atoms with Crippen molar-refractivity contribution in [3.8, 4) is 28.1 Å². The van der Waals surface area contributed by atoms with E-state index in [1.54, 1.807) is 12.0 Å². The van der Waals surface area contributed by atoms with Gasteiger partial charge in [-0.2, -0.15) is 0 Å². The topological polar surface area (TPSA) is 156 Å². The van der Waals surface area contributed by atoms with E-state index in [2.05, 4.69) is 57.7 Å². The number of hydrogen-bond acceptors (Lipinski definition) is 10. The number of H-pyrrole nitrogens is 2. The quantitative estimate of drug-likeness (QED) is 0.140. The lowest BCUT2D eigenvalue weighted by molar-refractivity contribution is -0.335. The van der Waals surface area contributed by atoms with E-state index >= 15 is 0 Å². The number of likely N-dealkylation sites (tertiary alicyclic amines) is 2. The molecule has 0 unspecified atom stereocenters. The van der Waals surface area contributed by atoms with Gasteiger partial charge in [0.25, 0.3) is 0 Å². The molecule has 3 saturated heterocycles. The molecule has 57 heavy (non-hydrogen) atoms. The molecule has 14 nitrogen and oxygen atoms in total. The number of aromatic amines is 2. The summed E-state index contributed by atoms with van der Waals surface area (Å²) in [4.78, 5) is 47.8. The number of methoxy groups -OCH3 is 1. The van der Waals surface area contributed by atoms with Gasteiger partial charge in [-0.05, 0) is 92.3 Å². The molecular formula is C43H51N7O7. The minimum atomic E-state index is -0.606. The molecule has 2 aromatic heterocycles. The Balaban J connectivity index is 0.963. The van der Waals surface area contributed by atoms with Crippen LogP contribution in [-0.2, 0) is 30.3 Å². The van der Waals surface area contributed by atoms with Crippen LogP contribution in [0.5, 0.6) is 5.75 Å². The van der Waals surface area contributed by atoms with Gasteiger partial charge < -0.3 is 38.6 Å². The van der Waals surface area contributed by atoms with Crippen molar-refractivity contribution in [3.05, 3.63) is 65.9 Å². The molecule has 9 rings (SSSR count). The van der Waals surface area contributed by atoms with Crippen LogP contribution in [0.4, 0.5) is 4.79 Å². The standard InChI is InChI=1S/C43H51N7O7/c1-23(2)36(48-41-55-22-56-41)40(51)49-13-7-8-33(49)38-44-18-32(46-38)26-9-11-28-27(15-26)21-54-35-17-29-25(16-30(28)35)10-12-31-37(29)47-39(45-31)34-14-24(20-53-6)19-50(34)42(52)57-43(3,4)5/h9-12,15-18,23-24,33-34,36,41,48H,7-8,13-14,19-22H2,1-6H3,(H,44,46)(H,45,47)/t24-,33-,34-,36-/m0/s1. The van der Waals surface area contributed by atoms with E-state index in [0.717, 1.165) is 86.4 Å². The fourth-order valence-electron chi connectivity index (χ4n) is 8.77. The summed E-state index contributed by atoms with van der Waals surface area (Å²) in [7, 11) is 1.69. The molecule has 3 N–H and O–H groups in total. The fourth-order valence-corrected chi connectivity index (χ4v) is 8.77. The minimum absolute atomic E-state index is 0.0323. The van der Waals surface area contributed by atoms with Crippen molar-refractivity contribution in [2.75, 3.05) is 33.6 Å². The lowest BCUT2D eigenvalue weighted by Crippen LogP contribution is -2.56. The summed E-state index contributed by atoms with van der Waals surface area (Å²) in [6, 6.07) is 14.0. The highest BCUT2D eigenvalue weighted by Gasteiger charge is 2.41. The second-order valence-electron chi connectivity index (χ2n) is 17.1. The number of nitrogens with zero attached hydrogens (tertiary/aromatic N) is 4. The normalized spacial score (nSPS) is 21.5. The molecule has 4 aliphatic heterocycles. The average molecular weight is 778 g/mol. The first-order valence-corrected chi connectivity index (χ1v) is 20.0. The number of hydrogen-bond donors (Lipinski definition) is 3. The maximum Gasteiger partial charge on any atom is 0.410 e. The third-order valence-corrected chi connectivity index (χ3v) is 11.5. The van der Waals surface area contributed by atoms with E-state index in [1.165, 1.54) is 0 Å². The highest BCUT2D eigenvalue weighted by Crippen LogP contribution is 2.44. The smallest absolute Gasteiger partial charge is 0.410 e. The zero-order valence-corrected chi connectivity index (χ0v) is 33.4. The molecule has 0 aliphatic carbocycles. The summed E-state index contributed by atoms with van der Waals surface area (Å²) in [5.41, 5.74) is 6.25. The molecule has 2 amide bonds. The van der Waals surface area contributed by atoms with E-state index in [4.69, 9.17) is 33.7 Å². The van der Waals surface area contributed by atoms with Crippen molar-refractivity contribution in [1.82, 2.24) is 35.1 Å². The van der Waals surface area contributed by atoms with E-state index in [-0.39, 0.29) is 42.7 Å². The molecule has 3 fully saturated rings. The number of ether oxygens (including phenoxy) is 5. The van der Waals surface area contributed by atoms with Crippen LogP contribution in [0.25, 0.3) is 44.2 Å². The minimum Gasteiger partial charge on any atom is -0.488 e. The Labute approximate surface area is 331 Å². The van der Waals surface area contributed by atoms with E-state index in [0.29, 0.717) is 26.3 Å². The van der Waals surface area contributed by atoms with Crippen molar-refractivity contribution in [2.24, 2.45) is 11.8 Å². The maximum absolute atomic E-state index is 13.8. The number of imidazole rings is 2. The number of carbonyl (C=O) groups is 2. The number of amides is 2. The van der Waals surface area contributed by atoms with Gasteiger partial charge in [-0.3, -0.25) is 15.0 Å². The third kappa shape index (κ3) is 7.13. The lowest BCUT2D eigenvalue weighted by Gasteiger charge is -2.35. The van der Waals surface area contributed by atoms with Crippen LogP contribution in [0.3, 0.4) is 0 Å². The number of fused-ring (bicyclic) bond motifs is 6. The van der Waals surface area contributed by atoms with Gasteiger partial charge in [0.2, 0.25) is 12.3 Å². The number of carbonyl (C=O) groups excluding carboxylic acids is 2. The van der Waals surface area contributed by atoms with Crippen LogP contribution >= 0.6 is 0 Å². The first-order valence-electron chi connectivity index (χ1n) is 20.0. The monoisotopic (exact) mass is 777 g/mol. The summed E-state index contributed by atoms with van der Waals surface area (Å²) in [5, 5.41) is 5.24. The first kappa shape index (κ1) is 37.6. The van der Waals surface area contributed by atoms with Gasteiger partial charge in [-0.1, -0.05) is 32.0 Å². The van der Waals surface area contributed by atoms with Crippen molar-refractivity contribution in [1.29, 1.82) is 0 Å². The number of aromatic nitrogens is 4. The Hall–Kier alpha value is -5.02. The zero-order valence-electron chi connectivity index (χ0n) is 33.4. The van der Waals surface area contributed by atoms with E-state index < -0.39 is 18.1 Å². The van der Waals surface area contributed by atoms with Crippen molar-refractivity contribution >= 4 is 33.8 Å². The summed E-state index contributed by atoms with van der Waals surface area (Å²) in [6.07, 6.45) is 3.44. The van der Waals surface area contributed by atoms with Crippen molar-refractivity contribution in [3.63, 3.8) is 0 Å². The number of benzene rings is 3. The molecule has 0 bridgehead atoms. The van der Waals surface area contributed by atoms with Crippen LogP contribution in [0.1, 0.15) is 83.2 Å². The van der Waals surface area contributed by atoms with Crippen LogP contribution in [0.2, 0.25) is 0 Å². The molecule has 0 spiro atoms. The Bertz CT molecular complexity index is 2330. The van der Waals surface area contributed by atoms with Gasteiger partial charge in [-0.25, -0.2) is 14.8 Å². The number of nitrogens with one attached hydrogen (secondary N) is 3. The molecule has 4 aliphatic rings. The lowest BCUT2D eigenvalue weighted by atomic mass is 9.92. The molecule has 6 heterocycles. The van der Waals surface area contributed by atoms with Crippen LogP contribution in [-0.4, -0.2) is 93.4 Å². The van der Waals surface area contributed by atoms with Gasteiger partial charge in [0.15, 0.2) is 6.79 Å². The predicted molar refractivity (Wildman–Crippen MR) is 213 cm³/mol. The molecule has 0 radical (unpaired) electrons. The van der Waals surface area contributed by atoms with Gasteiger partial charge in [-0.15, -0.1) is 0 Å². The van der Waals surface area contributed by atoms with Crippen molar-refractivity contribution in [2.45, 2.75) is 90.6 Å². The molecule has 300 valence electrons. The maximum atomic E-state index is 13.8. The van der Waals surface area contributed by atoms with Gasteiger partial charge >= 0.3 is 6.09 Å². The molecule has 4 atom stereocenters. The highest BCUT2D eigenvalue weighted by atomic mass is 16.9. The van der Waals surface area contributed by atoms with Gasteiger partial charge in [0.05, 0.1) is 47.7 Å². The van der Waals surface area contributed by atoms with Gasteiger partial charge in [0, 0.05) is 37.1 Å². The van der Waals surface area contributed by atoms with Gasteiger partial charge in [0.1, 0.15) is 29.6 Å². The molecule has 5 aromatic rings. The zero-order chi connectivity index (χ0) is 39.6. The van der Waals surface area contributed by atoms with E-state index in [1.807, 2.05) is 45.7 Å². The predicted octanol–water partition coefficient (Wildman–Crippen LogP) is 7.18. The summed E-state index contributed by atoms with van der Waals surface area (Å²) in [6.45, 7) is 12.1. The third-order valence-electron chi connectivity index (χ3n) is 11.5. The van der Waals surface area contributed by atoms with Crippen LogP contribution in [0.15, 0.2) is 48.7 Å². The summed E-state index contributed by atoms with van der Waals surface area (Å²) in [5.74, 6) is 2.59. The Morgan fingerprint density at radius 1 is 1.02 bits per heavy atom. The number of rotatable bonds is 9. The molecule has 3 aromatic carbocycles. The fraction of sp³-hybridized carbons (Fsp3) is 0.488. The molecule has 14 heteroatoms. The first-order chi connectivity index (χ1) is 27.4.